The van der Waals surface area contributed by atoms with Crippen molar-refractivity contribution < 1.29 is 27.5 Å². The van der Waals surface area contributed by atoms with Gasteiger partial charge in [-0.2, -0.15) is 13.2 Å². The Bertz CT molecular complexity index is 912. The van der Waals surface area contributed by atoms with Gasteiger partial charge in [0.2, 0.25) is 0 Å². The average molecular weight is 371 g/mol. The summed E-state index contributed by atoms with van der Waals surface area (Å²) >= 11 is 0. The molecule has 2 aromatic rings. The molecule has 2 rings (SSSR count). The van der Waals surface area contributed by atoms with E-state index in [2.05, 4.69) is 15.0 Å². The Morgan fingerprint density at radius 2 is 1.96 bits per heavy atom. The lowest BCUT2D eigenvalue weighted by Gasteiger charge is -2.09. The average Bonchev–Trinajstić information content (AvgIpc) is 2.91. The number of alkyl halides is 3. The fourth-order valence-electron chi connectivity index (χ4n) is 2.45. The molecule has 0 aromatic carbocycles. The number of hydrogen-bond acceptors (Lipinski definition) is 4. The number of carbonyl (C=O) groups excluding carboxylic acids is 2. The SMILES string of the molecule is CCc1[nH]c(C(=O)Nc2cc(C(F)(F)F)c[nH]c2=O)c(C)c1C(=O)OC. The van der Waals surface area contributed by atoms with Crippen LogP contribution in [0, 0.1) is 6.92 Å². The number of amides is 1. The lowest BCUT2D eigenvalue weighted by molar-refractivity contribution is -0.137. The van der Waals surface area contributed by atoms with E-state index < -0.39 is 34.9 Å². The van der Waals surface area contributed by atoms with Gasteiger partial charge in [-0.1, -0.05) is 6.92 Å². The number of H-pyrrole nitrogens is 2. The first kappa shape index (κ1) is 19.3. The Morgan fingerprint density at radius 3 is 2.50 bits per heavy atom. The standard InChI is InChI=1S/C16H16F3N3O4/c1-4-9-11(15(25)26-3)7(2)12(21-9)14(24)22-10-5-8(16(17,18)19)6-20-13(10)23/h5-6,21H,4H2,1-3H3,(H,20,23)(H,22,24). The number of hydrogen-bond donors (Lipinski definition) is 3. The van der Waals surface area contributed by atoms with Gasteiger partial charge >= 0.3 is 12.1 Å². The van der Waals surface area contributed by atoms with Gasteiger partial charge in [-0.15, -0.1) is 0 Å². The highest BCUT2D eigenvalue weighted by Gasteiger charge is 2.32. The number of methoxy groups -OCH3 is 1. The number of anilines is 1. The molecule has 1 amide bonds. The third kappa shape index (κ3) is 3.63. The van der Waals surface area contributed by atoms with Gasteiger partial charge in [0.15, 0.2) is 0 Å². The van der Waals surface area contributed by atoms with Gasteiger partial charge in [0.25, 0.3) is 11.5 Å². The molecule has 26 heavy (non-hydrogen) atoms. The second-order valence-corrected chi connectivity index (χ2v) is 5.41. The molecule has 3 N–H and O–H groups in total. The predicted octanol–water partition coefficient (Wildman–Crippen LogP) is 2.63. The number of aryl methyl sites for hydroxylation is 1. The minimum atomic E-state index is -4.68. The monoisotopic (exact) mass is 371 g/mol. The van der Waals surface area contributed by atoms with Crippen molar-refractivity contribution in [3.63, 3.8) is 0 Å². The first-order valence-corrected chi connectivity index (χ1v) is 7.51. The van der Waals surface area contributed by atoms with Crippen LogP contribution in [0.5, 0.6) is 0 Å². The second-order valence-electron chi connectivity index (χ2n) is 5.41. The lowest BCUT2D eigenvalue weighted by Crippen LogP contribution is -2.22. The van der Waals surface area contributed by atoms with E-state index in [9.17, 15) is 27.6 Å². The van der Waals surface area contributed by atoms with Crippen LogP contribution in [-0.4, -0.2) is 29.0 Å². The van der Waals surface area contributed by atoms with Crippen LogP contribution in [-0.2, 0) is 17.3 Å². The van der Waals surface area contributed by atoms with Crippen molar-refractivity contribution in [1.82, 2.24) is 9.97 Å². The molecule has 0 atom stereocenters. The van der Waals surface area contributed by atoms with Crippen LogP contribution >= 0.6 is 0 Å². The van der Waals surface area contributed by atoms with Crippen LogP contribution in [0.2, 0.25) is 0 Å². The van der Waals surface area contributed by atoms with Crippen molar-refractivity contribution in [2.24, 2.45) is 0 Å². The van der Waals surface area contributed by atoms with E-state index in [-0.39, 0.29) is 16.8 Å². The molecular formula is C16H16F3N3O4. The molecule has 0 fully saturated rings. The van der Waals surface area contributed by atoms with Crippen molar-refractivity contribution >= 4 is 17.6 Å². The Kier molecular flexibility index (Phi) is 5.24. The number of pyridine rings is 1. The number of esters is 1. The van der Waals surface area contributed by atoms with Gasteiger partial charge in [0, 0.05) is 11.9 Å². The van der Waals surface area contributed by atoms with Crippen molar-refractivity contribution in [1.29, 1.82) is 0 Å². The molecule has 7 nitrogen and oxygen atoms in total. The zero-order valence-corrected chi connectivity index (χ0v) is 14.1. The number of halogens is 3. The van der Waals surface area contributed by atoms with Crippen molar-refractivity contribution in [3.05, 3.63) is 50.7 Å². The molecule has 0 radical (unpaired) electrons. The van der Waals surface area contributed by atoms with Crippen molar-refractivity contribution in [2.45, 2.75) is 26.4 Å². The Balaban J connectivity index is 2.42. The second kappa shape index (κ2) is 7.06. The molecule has 0 aliphatic rings. The topological polar surface area (TPSA) is 104 Å². The summed E-state index contributed by atoms with van der Waals surface area (Å²) in [5.74, 6) is -1.50. The molecule has 2 heterocycles. The van der Waals surface area contributed by atoms with E-state index in [1.165, 1.54) is 14.0 Å². The zero-order valence-electron chi connectivity index (χ0n) is 14.1. The highest BCUT2D eigenvalue weighted by Crippen LogP contribution is 2.29. The molecule has 0 aliphatic heterocycles. The Labute approximate surface area is 145 Å². The quantitative estimate of drug-likeness (QED) is 0.719. The normalized spacial score (nSPS) is 11.3. The van der Waals surface area contributed by atoms with Gasteiger partial charge in [0.1, 0.15) is 11.4 Å². The smallest absolute Gasteiger partial charge is 0.417 e. The molecule has 0 aliphatic carbocycles. The molecule has 10 heteroatoms. The fraction of sp³-hybridized carbons (Fsp3) is 0.312. The number of aromatic amines is 2. The Hall–Kier alpha value is -3.04. The number of aromatic nitrogens is 2. The number of nitrogens with one attached hydrogen (secondary N) is 3. The van der Waals surface area contributed by atoms with Crippen LogP contribution in [0.25, 0.3) is 0 Å². The van der Waals surface area contributed by atoms with Gasteiger partial charge in [0.05, 0.1) is 18.2 Å². The van der Waals surface area contributed by atoms with Crippen molar-refractivity contribution in [3.8, 4) is 0 Å². The summed E-state index contributed by atoms with van der Waals surface area (Å²) in [5.41, 5.74) is -1.71. The molecule has 0 saturated carbocycles. The maximum atomic E-state index is 12.8. The number of ether oxygens (including phenoxy) is 1. The lowest BCUT2D eigenvalue weighted by atomic mass is 10.1. The van der Waals surface area contributed by atoms with Crippen molar-refractivity contribution in [2.75, 3.05) is 12.4 Å². The summed E-state index contributed by atoms with van der Waals surface area (Å²) in [6, 6.07) is 0.539. The van der Waals surface area contributed by atoms with E-state index in [0.29, 0.717) is 24.4 Å². The minimum absolute atomic E-state index is 0.0425. The summed E-state index contributed by atoms with van der Waals surface area (Å²) in [5, 5.41) is 2.14. The van der Waals surface area contributed by atoms with Crippen LogP contribution in [0.4, 0.5) is 18.9 Å². The largest absolute Gasteiger partial charge is 0.465 e. The minimum Gasteiger partial charge on any atom is -0.465 e. The number of carbonyl (C=O) groups is 2. The summed E-state index contributed by atoms with van der Waals surface area (Å²) in [4.78, 5) is 40.7. The van der Waals surface area contributed by atoms with Gasteiger partial charge < -0.3 is 20.0 Å². The molecule has 0 bridgehead atoms. The van der Waals surface area contributed by atoms with E-state index in [1.807, 2.05) is 4.98 Å². The van der Waals surface area contributed by atoms with Crippen LogP contribution in [0.1, 0.15) is 44.6 Å². The first-order valence-electron chi connectivity index (χ1n) is 7.51. The molecule has 0 unspecified atom stereocenters. The van der Waals surface area contributed by atoms with Crippen LogP contribution < -0.4 is 10.9 Å². The van der Waals surface area contributed by atoms with Crippen LogP contribution in [0.15, 0.2) is 17.1 Å². The van der Waals surface area contributed by atoms with E-state index in [1.54, 1.807) is 6.92 Å². The third-order valence-corrected chi connectivity index (χ3v) is 3.78. The van der Waals surface area contributed by atoms with E-state index in [4.69, 9.17) is 0 Å². The van der Waals surface area contributed by atoms with Crippen LogP contribution in [0.3, 0.4) is 0 Å². The third-order valence-electron chi connectivity index (χ3n) is 3.78. The van der Waals surface area contributed by atoms with Gasteiger partial charge in [-0.25, -0.2) is 4.79 Å². The molecule has 140 valence electrons. The van der Waals surface area contributed by atoms with Gasteiger partial charge in [-0.3, -0.25) is 9.59 Å². The van der Waals surface area contributed by atoms with E-state index >= 15 is 0 Å². The molecule has 0 spiro atoms. The molecule has 0 saturated heterocycles. The first-order chi connectivity index (χ1) is 12.1. The highest BCUT2D eigenvalue weighted by atomic mass is 19.4. The fourth-order valence-corrected chi connectivity index (χ4v) is 2.45. The van der Waals surface area contributed by atoms with E-state index in [0.717, 1.165) is 0 Å². The molecule has 2 aromatic heterocycles. The predicted molar refractivity (Wildman–Crippen MR) is 86.3 cm³/mol. The summed E-state index contributed by atoms with van der Waals surface area (Å²) in [7, 11) is 1.19. The Morgan fingerprint density at radius 1 is 1.31 bits per heavy atom. The maximum Gasteiger partial charge on any atom is 0.417 e. The summed E-state index contributed by atoms with van der Waals surface area (Å²) in [6.07, 6.45) is -3.77. The molecular weight excluding hydrogens is 355 g/mol. The highest BCUT2D eigenvalue weighted by molar-refractivity contribution is 6.06. The summed E-state index contributed by atoms with van der Waals surface area (Å²) < 4.78 is 43.0. The maximum absolute atomic E-state index is 12.8. The summed E-state index contributed by atoms with van der Waals surface area (Å²) in [6.45, 7) is 3.24. The number of rotatable bonds is 4. The van der Waals surface area contributed by atoms with Gasteiger partial charge in [-0.05, 0) is 25.0 Å². The zero-order chi connectivity index (χ0) is 19.6.